The molecule has 0 spiro atoms. The Hall–Kier alpha value is -4.65. The number of amides is 1. The number of nitrogens with zero attached hydrogens (tertiary/aromatic N) is 6. The van der Waals surface area contributed by atoms with Gasteiger partial charge in [0.05, 0.1) is 54.7 Å². The molecule has 0 aliphatic heterocycles. The van der Waals surface area contributed by atoms with Crippen molar-refractivity contribution in [2.24, 2.45) is 0 Å². The molecule has 1 amide bonds. The highest BCUT2D eigenvalue weighted by atomic mass is 32.2. The lowest BCUT2D eigenvalue weighted by Gasteiger charge is -2.28. The average Bonchev–Trinajstić information content (AvgIpc) is 3.91. The molecule has 12 nitrogen and oxygen atoms in total. The fourth-order valence-electron chi connectivity index (χ4n) is 4.53. The molecule has 1 atom stereocenters. The first kappa shape index (κ1) is 30.8. The van der Waals surface area contributed by atoms with E-state index in [1.165, 1.54) is 10.5 Å². The summed E-state index contributed by atoms with van der Waals surface area (Å²) in [6, 6.07) is 12.3. The summed E-state index contributed by atoms with van der Waals surface area (Å²) in [6.45, 7) is 6.03. The minimum Gasteiger partial charge on any atom is -0.497 e. The van der Waals surface area contributed by atoms with E-state index in [9.17, 15) is 13.2 Å². The summed E-state index contributed by atoms with van der Waals surface area (Å²) in [6.07, 6.45) is 7.81. The molecule has 1 unspecified atom stereocenters. The Morgan fingerprint density at radius 3 is 2.43 bits per heavy atom. The summed E-state index contributed by atoms with van der Waals surface area (Å²) < 4.78 is 39.0. The quantitative estimate of drug-likeness (QED) is 0.227. The maximum absolute atomic E-state index is 13.7. The van der Waals surface area contributed by atoms with Crippen molar-refractivity contribution in [2.75, 3.05) is 23.3 Å². The number of aromatic nitrogens is 5. The van der Waals surface area contributed by atoms with Crippen LogP contribution in [-0.4, -0.2) is 58.2 Å². The van der Waals surface area contributed by atoms with E-state index in [1.54, 1.807) is 63.0 Å². The normalized spacial score (nSPS) is 14.4. The number of pyridine rings is 1. The highest BCUT2D eigenvalue weighted by molar-refractivity contribution is 7.93. The van der Waals surface area contributed by atoms with E-state index in [-0.39, 0.29) is 18.4 Å². The second kappa shape index (κ2) is 12.9. The minimum absolute atomic E-state index is 0.0237. The standard InChI is InChI=1S/C31H35N7O5S/c1-5-31(3,29(39)37-27-14-9-22(17-34-27)25-18-32-19-28(35-25)43-6-2)26-15-16-33-30(36-26)38(44(40,41)24-12-13-24)20-21-7-10-23(42-4)11-8-21/h7-11,14-19,24H,5-6,12-13,20H2,1-4H3,(H,34,37,39). The van der Waals surface area contributed by atoms with Gasteiger partial charge in [-0.3, -0.25) is 9.78 Å². The summed E-state index contributed by atoms with van der Waals surface area (Å²) in [4.78, 5) is 35.7. The fourth-order valence-corrected chi connectivity index (χ4v) is 6.27. The van der Waals surface area contributed by atoms with Gasteiger partial charge in [0.1, 0.15) is 11.6 Å². The van der Waals surface area contributed by atoms with Crippen molar-refractivity contribution in [3.8, 4) is 22.9 Å². The molecule has 4 aromatic rings. The zero-order valence-corrected chi connectivity index (χ0v) is 25.9. The number of carbonyl (C=O) groups is 1. The predicted octanol–water partition coefficient (Wildman–Crippen LogP) is 4.54. The molecule has 1 aliphatic carbocycles. The maximum atomic E-state index is 13.7. The molecule has 1 aromatic carbocycles. The van der Waals surface area contributed by atoms with Gasteiger partial charge in [0.2, 0.25) is 27.8 Å². The molecule has 1 saturated carbocycles. The number of carbonyl (C=O) groups excluding carboxylic acids is 1. The van der Waals surface area contributed by atoms with E-state index < -0.39 is 20.7 Å². The average molecular weight is 618 g/mol. The number of methoxy groups -OCH3 is 1. The molecular weight excluding hydrogens is 582 g/mol. The molecule has 0 saturated heterocycles. The third kappa shape index (κ3) is 6.62. The minimum atomic E-state index is -3.72. The molecule has 230 valence electrons. The summed E-state index contributed by atoms with van der Waals surface area (Å²) in [5.74, 6) is 1.11. The molecule has 0 radical (unpaired) electrons. The Morgan fingerprint density at radius 1 is 1.02 bits per heavy atom. The number of nitrogens with one attached hydrogen (secondary N) is 1. The third-order valence-corrected chi connectivity index (χ3v) is 9.80. The number of ether oxygens (including phenoxy) is 2. The maximum Gasteiger partial charge on any atom is 0.240 e. The molecule has 1 N–H and O–H groups in total. The van der Waals surface area contributed by atoms with Crippen molar-refractivity contribution in [3.63, 3.8) is 0 Å². The highest BCUT2D eigenvalue weighted by Gasteiger charge is 2.42. The number of benzene rings is 1. The number of hydrogen-bond acceptors (Lipinski definition) is 10. The first-order valence-corrected chi connectivity index (χ1v) is 15.9. The van der Waals surface area contributed by atoms with Gasteiger partial charge in [-0.25, -0.2) is 32.7 Å². The van der Waals surface area contributed by atoms with E-state index in [2.05, 4.69) is 30.2 Å². The van der Waals surface area contributed by atoms with Crippen LogP contribution in [0.15, 0.2) is 67.3 Å². The van der Waals surface area contributed by atoms with Gasteiger partial charge in [-0.05, 0) is 69.0 Å². The summed E-state index contributed by atoms with van der Waals surface area (Å²) in [5, 5.41) is 2.41. The molecule has 3 aromatic heterocycles. The number of sulfonamides is 1. The van der Waals surface area contributed by atoms with Crippen LogP contribution in [0.4, 0.5) is 11.8 Å². The van der Waals surface area contributed by atoms with E-state index >= 15 is 0 Å². The Morgan fingerprint density at radius 2 is 1.80 bits per heavy atom. The summed E-state index contributed by atoms with van der Waals surface area (Å²) in [5.41, 5.74) is 1.35. The molecule has 1 aliphatic rings. The SMILES string of the molecule is CCOc1cncc(-c2ccc(NC(=O)C(C)(CC)c3ccnc(N(Cc4ccc(OC)cc4)S(=O)(=O)C4CC4)n3)nc2)n1. The molecule has 0 bridgehead atoms. The second-order valence-corrected chi connectivity index (χ2v) is 12.7. The van der Waals surface area contributed by atoms with Gasteiger partial charge in [0, 0.05) is 18.0 Å². The van der Waals surface area contributed by atoms with Gasteiger partial charge < -0.3 is 14.8 Å². The van der Waals surface area contributed by atoms with Crippen LogP contribution in [-0.2, 0) is 26.8 Å². The lowest BCUT2D eigenvalue weighted by atomic mass is 9.82. The molecule has 1 fully saturated rings. The smallest absolute Gasteiger partial charge is 0.240 e. The third-order valence-electron chi connectivity index (χ3n) is 7.58. The molecule has 44 heavy (non-hydrogen) atoms. The molecule has 3 heterocycles. The van der Waals surface area contributed by atoms with Gasteiger partial charge >= 0.3 is 0 Å². The fraction of sp³-hybridized carbons (Fsp3) is 0.355. The first-order chi connectivity index (χ1) is 21.2. The van der Waals surface area contributed by atoms with Gasteiger partial charge in [-0.15, -0.1) is 0 Å². The Balaban J connectivity index is 1.38. The van der Waals surface area contributed by atoms with Crippen molar-refractivity contribution in [3.05, 3.63) is 78.5 Å². The Bertz CT molecular complexity index is 1710. The van der Waals surface area contributed by atoms with Gasteiger partial charge in [0.25, 0.3) is 0 Å². The Labute approximate surface area is 257 Å². The highest BCUT2D eigenvalue weighted by Crippen LogP contribution is 2.35. The van der Waals surface area contributed by atoms with Crippen molar-refractivity contribution in [2.45, 2.75) is 57.2 Å². The summed E-state index contributed by atoms with van der Waals surface area (Å²) in [7, 11) is -2.14. The van der Waals surface area contributed by atoms with E-state index in [1.807, 2.05) is 26.0 Å². The van der Waals surface area contributed by atoms with Gasteiger partial charge in [-0.2, -0.15) is 0 Å². The van der Waals surface area contributed by atoms with Crippen molar-refractivity contribution in [1.82, 2.24) is 24.9 Å². The van der Waals surface area contributed by atoms with Crippen LogP contribution in [0.3, 0.4) is 0 Å². The van der Waals surface area contributed by atoms with Gasteiger partial charge in [-0.1, -0.05) is 19.1 Å². The van der Waals surface area contributed by atoms with Gasteiger partial charge in [0.15, 0.2) is 0 Å². The van der Waals surface area contributed by atoms with E-state index in [4.69, 9.17) is 9.47 Å². The molecule has 5 rings (SSSR count). The van der Waals surface area contributed by atoms with Crippen LogP contribution in [0.2, 0.25) is 0 Å². The lowest BCUT2D eigenvalue weighted by Crippen LogP contribution is -2.39. The van der Waals surface area contributed by atoms with Crippen molar-refractivity contribution >= 4 is 27.7 Å². The van der Waals surface area contributed by atoms with E-state index in [0.29, 0.717) is 60.3 Å². The predicted molar refractivity (Wildman–Crippen MR) is 166 cm³/mol. The largest absolute Gasteiger partial charge is 0.497 e. The van der Waals surface area contributed by atoms with Crippen molar-refractivity contribution < 1.29 is 22.7 Å². The zero-order chi connectivity index (χ0) is 31.3. The monoisotopic (exact) mass is 617 g/mol. The van der Waals surface area contributed by atoms with Crippen molar-refractivity contribution in [1.29, 1.82) is 0 Å². The zero-order valence-electron chi connectivity index (χ0n) is 25.1. The van der Waals surface area contributed by atoms with Crippen LogP contribution in [0.5, 0.6) is 11.6 Å². The molecular formula is C31H35N7O5S. The Kier molecular flexibility index (Phi) is 9.04. The van der Waals surface area contributed by atoms with Crippen LogP contribution >= 0.6 is 0 Å². The first-order valence-electron chi connectivity index (χ1n) is 14.4. The summed E-state index contributed by atoms with van der Waals surface area (Å²) >= 11 is 0. The van der Waals surface area contributed by atoms with Crippen LogP contribution < -0.4 is 19.1 Å². The van der Waals surface area contributed by atoms with Crippen LogP contribution in [0.25, 0.3) is 11.3 Å². The second-order valence-electron chi connectivity index (χ2n) is 10.6. The number of hydrogen-bond donors (Lipinski definition) is 1. The number of anilines is 2. The van der Waals surface area contributed by atoms with E-state index in [0.717, 1.165) is 5.56 Å². The molecule has 13 heteroatoms. The van der Waals surface area contributed by atoms with Crippen LogP contribution in [0.1, 0.15) is 51.3 Å². The van der Waals surface area contributed by atoms with Crippen LogP contribution in [0, 0.1) is 0 Å². The lowest BCUT2D eigenvalue weighted by molar-refractivity contribution is -0.121. The topological polar surface area (TPSA) is 149 Å². The number of rotatable bonds is 13.